The predicted octanol–water partition coefficient (Wildman–Crippen LogP) is 14.4. The molecule has 53 heavy (non-hydrogen) atoms. The van der Waals surface area contributed by atoms with Gasteiger partial charge in [0.1, 0.15) is 13.2 Å². The molecular weight excluding hydrogens is 661 g/mol. The van der Waals surface area contributed by atoms with Crippen LogP contribution in [0.4, 0.5) is 0 Å². The second-order valence-electron chi connectivity index (χ2n) is 17.5. The fraction of sp³-hybridized carbons (Fsp3) is 0.936. The highest BCUT2D eigenvalue weighted by Gasteiger charge is 2.19. The van der Waals surface area contributed by atoms with Gasteiger partial charge in [0, 0.05) is 19.3 Å². The summed E-state index contributed by atoms with van der Waals surface area (Å²) < 4.78 is 16.7. The van der Waals surface area contributed by atoms with Gasteiger partial charge in [-0.2, -0.15) is 0 Å². The molecule has 0 spiro atoms. The van der Waals surface area contributed by atoms with Crippen molar-refractivity contribution in [1.82, 2.24) is 0 Å². The van der Waals surface area contributed by atoms with Gasteiger partial charge in [-0.3, -0.25) is 14.4 Å². The normalized spacial score (nSPS) is 12.2. The summed E-state index contributed by atoms with van der Waals surface area (Å²) in [5, 5.41) is 0. The molecule has 0 aliphatic heterocycles. The van der Waals surface area contributed by atoms with E-state index in [2.05, 4.69) is 41.5 Å². The smallest absolute Gasteiger partial charge is 0.306 e. The first-order valence-electron chi connectivity index (χ1n) is 23.1. The van der Waals surface area contributed by atoms with Crippen LogP contribution in [0, 0.1) is 17.8 Å². The molecule has 0 aliphatic carbocycles. The summed E-state index contributed by atoms with van der Waals surface area (Å²) in [4.78, 5) is 37.7. The molecule has 0 fully saturated rings. The summed E-state index contributed by atoms with van der Waals surface area (Å²) >= 11 is 0. The maximum Gasteiger partial charge on any atom is 0.306 e. The lowest BCUT2D eigenvalue weighted by molar-refractivity contribution is -0.167. The van der Waals surface area contributed by atoms with Gasteiger partial charge in [0.2, 0.25) is 0 Å². The van der Waals surface area contributed by atoms with Crippen molar-refractivity contribution >= 4 is 17.9 Å². The second kappa shape index (κ2) is 38.7. The minimum atomic E-state index is -0.762. The number of hydrogen-bond acceptors (Lipinski definition) is 6. The molecule has 0 aromatic carbocycles. The molecule has 6 heteroatoms. The van der Waals surface area contributed by atoms with Crippen molar-refractivity contribution in [2.45, 2.75) is 253 Å². The molecule has 1 atom stereocenters. The average Bonchev–Trinajstić information content (AvgIpc) is 3.11. The van der Waals surface area contributed by atoms with Crippen LogP contribution in [0.15, 0.2) is 0 Å². The Labute approximate surface area is 329 Å². The molecule has 0 unspecified atom stereocenters. The largest absolute Gasteiger partial charge is 0.462 e. The Morgan fingerprint density at radius 2 is 0.547 bits per heavy atom. The third-order valence-corrected chi connectivity index (χ3v) is 10.4. The topological polar surface area (TPSA) is 78.9 Å². The van der Waals surface area contributed by atoms with Crippen molar-refractivity contribution in [2.24, 2.45) is 17.8 Å². The molecule has 0 bridgehead atoms. The standard InChI is InChI=1S/C47H90O6/c1-41(2)33-27-21-15-10-7-8-12-19-26-32-38-47(50)53-44(40-52-46(49)37-31-25-20-14-17-23-29-35-43(5)6)39-51-45(48)36-30-24-18-13-9-11-16-22-28-34-42(3)4/h41-44H,7-40H2,1-6H3/t44-/m0/s1. The van der Waals surface area contributed by atoms with Crippen LogP contribution in [-0.4, -0.2) is 37.2 Å². The first-order valence-corrected chi connectivity index (χ1v) is 23.1. The SMILES string of the molecule is CC(C)CCCCCCCCCCCCC(=O)O[C@@H](COC(=O)CCCCCCCCCCCC(C)C)COC(=O)CCCCCCCCCC(C)C. The summed E-state index contributed by atoms with van der Waals surface area (Å²) in [5.41, 5.74) is 0. The van der Waals surface area contributed by atoms with Gasteiger partial charge in [-0.05, 0) is 37.0 Å². The number of esters is 3. The van der Waals surface area contributed by atoms with Gasteiger partial charge in [-0.25, -0.2) is 0 Å². The van der Waals surface area contributed by atoms with E-state index < -0.39 is 6.10 Å². The highest BCUT2D eigenvalue weighted by Crippen LogP contribution is 2.17. The second-order valence-corrected chi connectivity index (χ2v) is 17.5. The van der Waals surface area contributed by atoms with E-state index in [1.54, 1.807) is 0 Å². The Bertz CT molecular complexity index is 822. The summed E-state index contributed by atoms with van der Waals surface area (Å²) in [6.45, 7) is 13.6. The number of carbonyl (C=O) groups is 3. The van der Waals surface area contributed by atoms with Crippen molar-refractivity contribution in [3.8, 4) is 0 Å². The van der Waals surface area contributed by atoms with Gasteiger partial charge >= 0.3 is 17.9 Å². The van der Waals surface area contributed by atoms with E-state index in [0.717, 1.165) is 75.5 Å². The van der Waals surface area contributed by atoms with E-state index >= 15 is 0 Å². The van der Waals surface area contributed by atoms with E-state index in [1.165, 1.54) is 128 Å². The highest BCUT2D eigenvalue weighted by molar-refractivity contribution is 5.71. The average molecular weight is 751 g/mol. The number of hydrogen-bond donors (Lipinski definition) is 0. The fourth-order valence-electron chi connectivity index (χ4n) is 6.88. The Morgan fingerprint density at radius 3 is 0.811 bits per heavy atom. The van der Waals surface area contributed by atoms with Gasteiger partial charge in [-0.15, -0.1) is 0 Å². The Kier molecular flexibility index (Phi) is 37.5. The zero-order valence-electron chi connectivity index (χ0n) is 36.3. The van der Waals surface area contributed by atoms with Crippen molar-refractivity contribution in [2.75, 3.05) is 13.2 Å². The van der Waals surface area contributed by atoms with Gasteiger partial charge in [0.05, 0.1) is 0 Å². The number of unbranched alkanes of at least 4 members (excludes halogenated alkanes) is 23. The third-order valence-electron chi connectivity index (χ3n) is 10.4. The maximum atomic E-state index is 12.7. The molecule has 0 saturated carbocycles. The lowest BCUT2D eigenvalue weighted by Crippen LogP contribution is -2.30. The molecule has 0 rings (SSSR count). The molecule has 0 amide bonds. The maximum absolute atomic E-state index is 12.7. The molecule has 0 heterocycles. The fourth-order valence-corrected chi connectivity index (χ4v) is 6.88. The molecular formula is C47H90O6. The van der Waals surface area contributed by atoms with E-state index in [4.69, 9.17) is 14.2 Å². The quantitative estimate of drug-likeness (QED) is 0.0352. The van der Waals surface area contributed by atoms with Crippen molar-refractivity contribution in [3.05, 3.63) is 0 Å². The summed E-state index contributed by atoms with van der Waals surface area (Å²) in [7, 11) is 0. The van der Waals surface area contributed by atoms with Crippen LogP contribution in [-0.2, 0) is 28.6 Å². The Morgan fingerprint density at radius 1 is 0.321 bits per heavy atom. The molecule has 6 nitrogen and oxygen atoms in total. The summed E-state index contributed by atoms with van der Waals surface area (Å²) in [6.07, 6.45) is 35.3. The molecule has 0 aliphatic rings. The van der Waals surface area contributed by atoms with E-state index in [9.17, 15) is 14.4 Å². The highest BCUT2D eigenvalue weighted by atomic mass is 16.6. The number of rotatable bonds is 40. The Balaban J connectivity index is 4.34. The molecule has 0 saturated heterocycles. The summed E-state index contributed by atoms with van der Waals surface area (Å²) in [5.74, 6) is 1.54. The van der Waals surface area contributed by atoms with Crippen LogP contribution in [0.25, 0.3) is 0 Å². The monoisotopic (exact) mass is 751 g/mol. The summed E-state index contributed by atoms with van der Waals surface area (Å²) in [6, 6.07) is 0. The predicted molar refractivity (Wildman–Crippen MR) is 224 cm³/mol. The molecule has 314 valence electrons. The lowest BCUT2D eigenvalue weighted by Gasteiger charge is -2.18. The van der Waals surface area contributed by atoms with Gasteiger partial charge in [0.15, 0.2) is 6.10 Å². The zero-order chi connectivity index (χ0) is 39.2. The van der Waals surface area contributed by atoms with E-state index in [0.29, 0.717) is 19.3 Å². The zero-order valence-corrected chi connectivity index (χ0v) is 36.3. The first-order chi connectivity index (χ1) is 25.6. The number of ether oxygens (including phenoxy) is 3. The molecule has 0 N–H and O–H groups in total. The van der Waals surface area contributed by atoms with Crippen molar-refractivity contribution in [3.63, 3.8) is 0 Å². The van der Waals surface area contributed by atoms with Crippen LogP contribution >= 0.6 is 0 Å². The number of carbonyl (C=O) groups excluding carboxylic acids is 3. The molecule has 0 aromatic rings. The minimum absolute atomic E-state index is 0.0665. The van der Waals surface area contributed by atoms with Crippen LogP contribution in [0.2, 0.25) is 0 Å². The van der Waals surface area contributed by atoms with Crippen LogP contribution in [0.1, 0.15) is 247 Å². The van der Waals surface area contributed by atoms with Crippen LogP contribution in [0.5, 0.6) is 0 Å². The lowest BCUT2D eigenvalue weighted by atomic mass is 10.0. The first kappa shape index (κ1) is 51.4. The van der Waals surface area contributed by atoms with Crippen molar-refractivity contribution < 1.29 is 28.6 Å². The van der Waals surface area contributed by atoms with Gasteiger partial charge in [-0.1, -0.05) is 208 Å². The minimum Gasteiger partial charge on any atom is -0.462 e. The van der Waals surface area contributed by atoms with Crippen LogP contribution < -0.4 is 0 Å². The van der Waals surface area contributed by atoms with Gasteiger partial charge < -0.3 is 14.2 Å². The van der Waals surface area contributed by atoms with E-state index in [1.807, 2.05) is 0 Å². The third kappa shape index (κ3) is 41.4. The molecule has 0 radical (unpaired) electrons. The Hall–Kier alpha value is -1.59. The van der Waals surface area contributed by atoms with Crippen molar-refractivity contribution in [1.29, 1.82) is 0 Å². The van der Waals surface area contributed by atoms with Crippen LogP contribution in [0.3, 0.4) is 0 Å². The van der Waals surface area contributed by atoms with Gasteiger partial charge in [0.25, 0.3) is 0 Å². The molecule has 0 aromatic heterocycles. The van der Waals surface area contributed by atoms with E-state index in [-0.39, 0.29) is 31.1 Å².